The predicted molar refractivity (Wildman–Crippen MR) is 100 cm³/mol. The summed E-state index contributed by atoms with van der Waals surface area (Å²) in [5, 5.41) is 10.8. The Labute approximate surface area is 154 Å². The lowest BCUT2D eigenvalue weighted by molar-refractivity contribution is -0.124. The van der Waals surface area contributed by atoms with Crippen LogP contribution in [0.1, 0.15) is 34.9 Å². The predicted octanol–water partition coefficient (Wildman–Crippen LogP) is 1.99. The zero-order valence-electron chi connectivity index (χ0n) is 14.4. The molecule has 1 saturated heterocycles. The summed E-state index contributed by atoms with van der Waals surface area (Å²) in [5.41, 5.74) is 3.99. The second-order valence-electron chi connectivity index (χ2n) is 7.00. The molecule has 134 valence electrons. The highest BCUT2D eigenvalue weighted by atomic mass is 35.5. The summed E-state index contributed by atoms with van der Waals surface area (Å²) < 4.78 is 1.80. The molecule has 1 amide bonds. The number of aryl methyl sites for hydroxylation is 2. The molecule has 1 fully saturated rings. The van der Waals surface area contributed by atoms with E-state index in [1.54, 1.807) is 4.68 Å². The Morgan fingerprint density at radius 2 is 2.20 bits per heavy atom. The van der Waals surface area contributed by atoms with Crippen molar-refractivity contribution in [2.75, 3.05) is 19.6 Å². The van der Waals surface area contributed by atoms with Gasteiger partial charge >= 0.3 is 0 Å². The molecule has 1 aromatic carbocycles. The summed E-state index contributed by atoms with van der Waals surface area (Å²) in [6.45, 7) is 2.33. The smallest absolute Gasteiger partial charge is 0.225 e. The highest BCUT2D eigenvalue weighted by Crippen LogP contribution is 2.33. The molecule has 2 N–H and O–H groups in total. The molecule has 1 aliphatic carbocycles. The summed E-state index contributed by atoms with van der Waals surface area (Å²) in [4.78, 5) is 12.7. The molecule has 2 heterocycles. The maximum absolute atomic E-state index is 12.7. The lowest BCUT2D eigenvalue weighted by atomic mass is 9.90. The van der Waals surface area contributed by atoms with Gasteiger partial charge in [-0.3, -0.25) is 9.48 Å². The summed E-state index contributed by atoms with van der Waals surface area (Å²) in [5.74, 6) is 0.829. The standard InChI is InChI=1S/C19H24N4O.ClH/c1-23-12-15(9-22-23)17-10-20-11-18(17)19(24)21-8-14-7-6-13-4-2-3-5-16(13)14;/h2-5,9,12,14,17-18,20H,6-8,10-11H2,1H3,(H,21,24);1H/t14?,17-,18+;/m1./s1. The third-order valence-electron chi connectivity index (χ3n) is 5.48. The fraction of sp³-hybridized carbons (Fsp3) is 0.474. The van der Waals surface area contributed by atoms with Crippen molar-refractivity contribution in [2.45, 2.75) is 24.7 Å². The molecule has 4 rings (SSSR count). The minimum Gasteiger partial charge on any atom is -0.355 e. The van der Waals surface area contributed by atoms with Gasteiger partial charge in [0.05, 0.1) is 12.1 Å². The van der Waals surface area contributed by atoms with E-state index in [0.29, 0.717) is 5.92 Å². The van der Waals surface area contributed by atoms with Crippen LogP contribution in [0.15, 0.2) is 36.7 Å². The number of carbonyl (C=O) groups excluding carboxylic acids is 1. The second-order valence-corrected chi connectivity index (χ2v) is 7.00. The number of benzene rings is 1. The van der Waals surface area contributed by atoms with Crippen LogP contribution in [-0.4, -0.2) is 35.3 Å². The Hall–Kier alpha value is -1.85. The van der Waals surface area contributed by atoms with Gasteiger partial charge in [-0.05, 0) is 29.5 Å². The van der Waals surface area contributed by atoms with E-state index >= 15 is 0 Å². The van der Waals surface area contributed by atoms with Crippen LogP contribution in [0, 0.1) is 5.92 Å². The molecule has 3 atom stereocenters. The summed E-state index contributed by atoms with van der Waals surface area (Å²) >= 11 is 0. The second kappa shape index (κ2) is 7.58. The first-order valence-electron chi connectivity index (χ1n) is 8.77. The molecule has 0 radical (unpaired) electrons. The van der Waals surface area contributed by atoms with E-state index in [9.17, 15) is 4.79 Å². The lowest BCUT2D eigenvalue weighted by Gasteiger charge is -2.19. The van der Waals surface area contributed by atoms with Crippen LogP contribution < -0.4 is 10.6 Å². The molecule has 1 unspecified atom stereocenters. The first-order chi connectivity index (χ1) is 11.7. The van der Waals surface area contributed by atoms with Gasteiger partial charge in [0.15, 0.2) is 0 Å². The molecule has 1 aromatic heterocycles. The van der Waals surface area contributed by atoms with Crippen molar-refractivity contribution in [3.05, 3.63) is 53.3 Å². The third-order valence-corrected chi connectivity index (χ3v) is 5.48. The molecule has 1 aliphatic heterocycles. The van der Waals surface area contributed by atoms with Gasteiger partial charge in [0.25, 0.3) is 0 Å². The maximum Gasteiger partial charge on any atom is 0.225 e. The fourth-order valence-corrected chi connectivity index (χ4v) is 4.15. The van der Waals surface area contributed by atoms with Crippen LogP contribution in [0.2, 0.25) is 0 Å². The molecule has 2 aliphatic rings. The number of amides is 1. The van der Waals surface area contributed by atoms with E-state index in [0.717, 1.165) is 38.0 Å². The lowest BCUT2D eigenvalue weighted by Crippen LogP contribution is -2.36. The van der Waals surface area contributed by atoms with E-state index in [-0.39, 0.29) is 30.2 Å². The van der Waals surface area contributed by atoms with Crippen molar-refractivity contribution in [2.24, 2.45) is 13.0 Å². The Morgan fingerprint density at radius 1 is 1.36 bits per heavy atom. The van der Waals surface area contributed by atoms with Crippen molar-refractivity contribution in [3.63, 3.8) is 0 Å². The largest absolute Gasteiger partial charge is 0.355 e. The van der Waals surface area contributed by atoms with Crippen molar-refractivity contribution in [1.29, 1.82) is 0 Å². The van der Waals surface area contributed by atoms with Gasteiger partial charge in [-0.25, -0.2) is 0 Å². The Kier molecular flexibility index (Phi) is 5.45. The van der Waals surface area contributed by atoms with Gasteiger partial charge in [0, 0.05) is 44.7 Å². The molecule has 0 bridgehead atoms. The van der Waals surface area contributed by atoms with Gasteiger partial charge in [-0.15, -0.1) is 12.4 Å². The van der Waals surface area contributed by atoms with Crippen molar-refractivity contribution in [3.8, 4) is 0 Å². The summed E-state index contributed by atoms with van der Waals surface area (Å²) in [6.07, 6.45) is 6.16. The first-order valence-corrected chi connectivity index (χ1v) is 8.77. The van der Waals surface area contributed by atoms with Gasteiger partial charge in [0.1, 0.15) is 0 Å². The van der Waals surface area contributed by atoms with Gasteiger partial charge < -0.3 is 10.6 Å². The number of fused-ring (bicyclic) bond motifs is 1. The molecule has 5 nitrogen and oxygen atoms in total. The van der Waals surface area contributed by atoms with Crippen molar-refractivity contribution < 1.29 is 4.79 Å². The van der Waals surface area contributed by atoms with Crippen LogP contribution in [-0.2, 0) is 18.3 Å². The number of nitrogens with zero attached hydrogens (tertiary/aromatic N) is 2. The van der Waals surface area contributed by atoms with Crippen LogP contribution in [0.4, 0.5) is 0 Å². The zero-order valence-corrected chi connectivity index (χ0v) is 15.3. The first kappa shape index (κ1) is 18.0. The molecule has 25 heavy (non-hydrogen) atoms. The molecular formula is C19H25ClN4O. The Balaban J connectivity index is 0.00000182. The summed E-state index contributed by atoms with van der Waals surface area (Å²) in [6, 6.07) is 8.60. The van der Waals surface area contributed by atoms with E-state index < -0.39 is 0 Å². The average molecular weight is 361 g/mol. The quantitative estimate of drug-likeness (QED) is 0.876. The number of halogens is 1. The minimum absolute atomic E-state index is 0. The highest BCUT2D eigenvalue weighted by molar-refractivity contribution is 5.85. The van der Waals surface area contributed by atoms with Crippen LogP contribution in [0.5, 0.6) is 0 Å². The molecule has 6 heteroatoms. The number of hydrogen-bond acceptors (Lipinski definition) is 3. The number of nitrogens with one attached hydrogen (secondary N) is 2. The van der Waals surface area contributed by atoms with Crippen molar-refractivity contribution >= 4 is 18.3 Å². The number of hydrogen-bond donors (Lipinski definition) is 2. The number of carbonyl (C=O) groups is 1. The third kappa shape index (κ3) is 3.58. The molecule has 0 saturated carbocycles. The zero-order chi connectivity index (χ0) is 16.5. The topological polar surface area (TPSA) is 59.0 Å². The molecular weight excluding hydrogens is 336 g/mol. The van der Waals surface area contributed by atoms with E-state index in [1.165, 1.54) is 11.1 Å². The normalized spacial score (nSPS) is 24.6. The SMILES string of the molecule is Cl.Cn1cc([C@H]2CNC[C@@H]2C(=O)NCC2CCc3ccccc32)cn1. The van der Waals surface area contributed by atoms with E-state index in [1.807, 2.05) is 19.4 Å². The Morgan fingerprint density at radius 3 is 3.00 bits per heavy atom. The fourth-order valence-electron chi connectivity index (χ4n) is 4.15. The highest BCUT2D eigenvalue weighted by Gasteiger charge is 2.35. The Bertz CT molecular complexity index is 745. The maximum atomic E-state index is 12.7. The van der Waals surface area contributed by atoms with Crippen LogP contribution >= 0.6 is 12.4 Å². The molecule has 2 aromatic rings. The van der Waals surface area contributed by atoms with Gasteiger partial charge in [-0.2, -0.15) is 5.10 Å². The van der Waals surface area contributed by atoms with Gasteiger partial charge in [0.2, 0.25) is 5.91 Å². The van der Waals surface area contributed by atoms with Crippen LogP contribution in [0.25, 0.3) is 0 Å². The minimum atomic E-state index is -0.00848. The van der Waals surface area contributed by atoms with Crippen LogP contribution in [0.3, 0.4) is 0 Å². The van der Waals surface area contributed by atoms with E-state index in [4.69, 9.17) is 0 Å². The average Bonchev–Trinajstić information content (AvgIpc) is 3.31. The van der Waals surface area contributed by atoms with Crippen molar-refractivity contribution in [1.82, 2.24) is 20.4 Å². The van der Waals surface area contributed by atoms with E-state index in [2.05, 4.69) is 40.0 Å². The monoisotopic (exact) mass is 360 g/mol. The summed E-state index contributed by atoms with van der Waals surface area (Å²) in [7, 11) is 1.92. The number of aromatic nitrogens is 2. The number of rotatable bonds is 4. The molecule has 0 spiro atoms. The van der Waals surface area contributed by atoms with Gasteiger partial charge in [-0.1, -0.05) is 24.3 Å².